The van der Waals surface area contributed by atoms with Crippen molar-refractivity contribution in [3.05, 3.63) is 0 Å². The van der Waals surface area contributed by atoms with Crippen molar-refractivity contribution in [1.82, 2.24) is 0 Å². The number of aliphatic hydroxyl groups is 1. The average molecular weight is 351 g/mol. The number of carboxylic acids is 1. The Labute approximate surface area is 172 Å². The number of rotatable bonds is 18. The molecule has 1 N–H and O–H groups in total. The minimum atomic E-state index is -1.34. The van der Waals surface area contributed by atoms with Gasteiger partial charge in [0.15, 0.2) is 0 Å². The van der Waals surface area contributed by atoms with E-state index in [2.05, 4.69) is 6.92 Å². The molecule has 1 unspecified atom stereocenters. The SMILES string of the molecule is CCCCCCCCCCCCCCCCCCC(O)C(=O)[O-].[Na+]. The van der Waals surface area contributed by atoms with Gasteiger partial charge in [-0.3, -0.25) is 0 Å². The molecule has 0 fully saturated rings. The van der Waals surface area contributed by atoms with Crippen LogP contribution in [0.2, 0.25) is 0 Å². The van der Waals surface area contributed by atoms with Crippen LogP contribution < -0.4 is 34.7 Å². The molecule has 0 heterocycles. The Hall–Kier alpha value is 0.430. The van der Waals surface area contributed by atoms with Gasteiger partial charge >= 0.3 is 29.6 Å². The molecule has 0 radical (unpaired) electrons. The number of unbranched alkanes of at least 4 members (excludes halogenated alkanes) is 15. The average Bonchev–Trinajstić information content (AvgIpc) is 2.54. The standard InChI is InChI=1S/C20H40O3.Na/c1-2-3-4-5-6-7-8-9-10-11-12-13-14-15-16-17-18-19(21)20(22)23;/h19,21H,2-18H2,1H3,(H,22,23);/q;+1/p-1. The van der Waals surface area contributed by atoms with E-state index in [4.69, 9.17) is 5.11 Å². The van der Waals surface area contributed by atoms with Gasteiger partial charge < -0.3 is 15.0 Å². The Balaban J connectivity index is 0. The van der Waals surface area contributed by atoms with Crippen molar-refractivity contribution in [1.29, 1.82) is 0 Å². The van der Waals surface area contributed by atoms with Crippen molar-refractivity contribution in [2.45, 2.75) is 122 Å². The third-order valence-electron chi connectivity index (χ3n) is 4.60. The maximum absolute atomic E-state index is 10.3. The zero-order valence-electron chi connectivity index (χ0n) is 16.4. The Bertz CT molecular complexity index is 259. The number of carbonyl (C=O) groups is 1. The fourth-order valence-corrected chi connectivity index (χ4v) is 3.00. The number of aliphatic hydroxyl groups excluding tert-OH is 1. The van der Waals surface area contributed by atoms with Crippen molar-refractivity contribution >= 4 is 5.97 Å². The molecule has 0 saturated carbocycles. The van der Waals surface area contributed by atoms with Gasteiger partial charge in [-0.05, 0) is 6.42 Å². The molecule has 0 aromatic rings. The first-order valence-electron chi connectivity index (χ1n) is 10.1. The monoisotopic (exact) mass is 350 g/mol. The quantitative estimate of drug-likeness (QED) is 0.303. The van der Waals surface area contributed by atoms with Crippen molar-refractivity contribution < 1.29 is 44.6 Å². The number of hydrogen-bond donors (Lipinski definition) is 1. The normalized spacial score (nSPS) is 11.9. The van der Waals surface area contributed by atoms with Crippen LogP contribution in [-0.4, -0.2) is 17.2 Å². The van der Waals surface area contributed by atoms with Gasteiger partial charge in [0.05, 0.1) is 12.1 Å². The zero-order valence-corrected chi connectivity index (χ0v) is 18.4. The van der Waals surface area contributed by atoms with E-state index in [9.17, 15) is 9.90 Å². The van der Waals surface area contributed by atoms with Crippen LogP contribution in [0.5, 0.6) is 0 Å². The van der Waals surface area contributed by atoms with Crippen LogP contribution in [0.4, 0.5) is 0 Å². The molecule has 0 bridgehead atoms. The van der Waals surface area contributed by atoms with Crippen LogP contribution >= 0.6 is 0 Å². The van der Waals surface area contributed by atoms with Crippen LogP contribution in [0, 0.1) is 0 Å². The first kappa shape index (κ1) is 26.7. The molecule has 0 aliphatic rings. The number of carbonyl (C=O) groups excluding carboxylic acids is 1. The summed E-state index contributed by atoms with van der Waals surface area (Å²) < 4.78 is 0. The minimum Gasteiger partial charge on any atom is -0.547 e. The predicted octanol–water partition coefficient (Wildman–Crippen LogP) is 1.75. The molecule has 0 aliphatic heterocycles. The molecule has 0 aromatic heterocycles. The number of aliphatic carboxylic acids is 1. The van der Waals surface area contributed by atoms with Crippen molar-refractivity contribution in [3.63, 3.8) is 0 Å². The number of carboxylic acid groups (broad SMARTS) is 1. The van der Waals surface area contributed by atoms with Crippen LogP contribution in [0.3, 0.4) is 0 Å². The van der Waals surface area contributed by atoms with Crippen molar-refractivity contribution in [2.75, 3.05) is 0 Å². The summed E-state index contributed by atoms with van der Waals surface area (Å²) in [6.07, 6.45) is 19.8. The summed E-state index contributed by atoms with van der Waals surface area (Å²) in [4.78, 5) is 10.3. The van der Waals surface area contributed by atoms with Gasteiger partial charge in [0.2, 0.25) is 0 Å². The van der Waals surface area contributed by atoms with E-state index in [0.29, 0.717) is 6.42 Å². The molecule has 0 aliphatic carbocycles. The molecule has 0 rings (SSSR count). The molecular weight excluding hydrogens is 311 g/mol. The molecule has 0 aromatic carbocycles. The molecule has 24 heavy (non-hydrogen) atoms. The maximum atomic E-state index is 10.3. The molecule has 0 spiro atoms. The third-order valence-corrected chi connectivity index (χ3v) is 4.60. The minimum absolute atomic E-state index is 0. The summed E-state index contributed by atoms with van der Waals surface area (Å²) in [5.41, 5.74) is 0. The predicted molar refractivity (Wildman–Crippen MR) is 95.2 cm³/mol. The summed E-state index contributed by atoms with van der Waals surface area (Å²) >= 11 is 0. The Morgan fingerprint density at radius 3 is 1.29 bits per heavy atom. The van der Waals surface area contributed by atoms with Gasteiger partial charge in [-0.25, -0.2) is 0 Å². The Morgan fingerprint density at radius 2 is 1.00 bits per heavy atom. The van der Waals surface area contributed by atoms with E-state index in [0.717, 1.165) is 19.3 Å². The second kappa shape index (κ2) is 21.5. The number of hydrogen-bond acceptors (Lipinski definition) is 3. The Kier molecular flexibility index (Phi) is 23.8. The van der Waals surface area contributed by atoms with Gasteiger partial charge in [-0.2, -0.15) is 0 Å². The van der Waals surface area contributed by atoms with Gasteiger partial charge in [0.1, 0.15) is 0 Å². The van der Waals surface area contributed by atoms with Crippen LogP contribution in [0.25, 0.3) is 0 Å². The molecule has 0 amide bonds. The van der Waals surface area contributed by atoms with Gasteiger partial charge in [-0.15, -0.1) is 0 Å². The zero-order chi connectivity index (χ0) is 17.2. The van der Waals surface area contributed by atoms with E-state index in [1.807, 2.05) is 0 Å². The molecule has 1 atom stereocenters. The molecule has 138 valence electrons. The summed E-state index contributed by atoms with van der Waals surface area (Å²) in [5, 5.41) is 19.4. The second-order valence-electron chi connectivity index (χ2n) is 6.93. The first-order chi connectivity index (χ1) is 11.2. The van der Waals surface area contributed by atoms with Crippen molar-refractivity contribution in [3.8, 4) is 0 Å². The second-order valence-corrected chi connectivity index (χ2v) is 6.93. The fraction of sp³-hybridized carbons (Fsp3) is 0.950. The molecule has 4 heteroatoms. The van der Waals surface area contributed by atoms with Crippen LogP contribution in [0.1, 0.15) is 116 Å². The van der Waals surface area contributed by atoms with Crippen molar-refractivity contribution in [2.24, 2.45) is 0 Å². The van der Waals surface area contributed by atoms with E-state index in [1.54, 1.807) is 0 Å². The summed E-state index contributed by atoms with van der Waals surface area (Å²) in [7, 11) is 0. The largest absolute Gasteiger partial charge is 1.00 e. The molecule has 0 saturated heterocycles. The van der Waals surface area contributed by atoms with Crippen LogP contribution in [-0.2, 0) is 4.79 Å². The first-order valence-corrected chi connectivity index (χ1v) is 10.1. The summed E-state index contributed by atoms with van der Waals surface area (Å²) in [6, 6.07) is 0. The topological polar surface area (TPSA) is 60.4 Å². The third kappa shape index (κ3) is 20.5. The van der Waals surface area contributed by atoms with Crippen LogP contribution in [0.15, 0.2) is 0 Å². The molecular formula is C20H39NaO3. The van der Waals surface area contributed by atoms with E-state index in [-0.39, 0.29) is 29.6 Å². The smallest absolute Gasteiger partial charge is 0.547 e. The summed E-state index contributed by atoms with van der Waals surface area (Å²) in [5.74, 6) is -1.34. The van der Waals surface area contributed by atoms with Gasteiger partial charge in [0.25, 0.3) is 0 Å². The maximum Gasteiger partial charge on any atom is 1.00 e. The van der Waals surface area contributed by atoms with E-state index >= 15 is 0 Å². The van der Waals surface area contributed by atoms with E-state index < -0.39 is 12.1 Å². The summed E-state index contributed by atoms with van der Waals surface area (Å²) in [6.45, 7) is 2.27. The van der Waals surface area contributed by atoms with Gasteiger partial charge in [-0.1, -0.05) is 110 Å². The Morgan fingerprint density at radius 1 is 0.708 bits per heavy atom. The van der Waals surface area contributed by atoms with Gasteiger partial charge in [0, 0.05) is 0 Å². The van der Waals surface area contributed by atoms with E-state index in [1.165, 1.54) is 83.5 Å². The fourth-order valence-electron chi connectivity index (χ4n) is 3.00. The molecule has 3 nitrogen and oxygen atoms in total.